The fourth-order valence-electron chi connectivity index (χ4n) is 12.6. The number of aromatic hydroxyl groups is 3. The highest BCUT2D eigenvalue weighted by Gasteiger charge is 2.52. The van der Waals surface area contributed by atoms with Crippen molar-refractivity contribution in [3.05, 3.63) is 122 Å². The second-order valence-electron chi connectivity index (χ2n) is 26.0. The first kappa shape index (κ1) is 75.9. The second-order valence-corrected chi connectivity index (χ2v) is 26.8. The van der Waals surface area contributed by atoms with Gasteiger partial charge in [0.1, 0.15) is 95.5 Å². The van der Waals surface area contributed by atoms with Gasteiger partial charge in [-0.05, 0) is 103 Å². The molecule has 19 N–H and O–H groups in total. The first-order valence-corrected chi connectivity index (χ1v) is 32.6. The highest BCUT2D eigenvalue weighted by atomic mass is 35.5. The molecule has 5 aromatic carbocycles. The van der Waals surface area contributed by atoms with Gasteiger partial charge in [-0.25, -0.2) is 4.79 Å². The van der Waals surface area contributed by atoms with Crippen LogP contribution < -0.4 is 51.8 Å². The Bertz CT molecular complexity index is 4170. The largest absolute Gasteiger partial charge is 0.508 e. The zero-order valence-electron chi connectivity index (χ0n) is 55.0. The van der Waals surface area contributed by atoms with Crippen LogP contribution in [0.5, 0.6) is 46.0 Å². The molecule has 2 fully saturated rings. The van der Waals surface area contributed by atoms with Crippen molar-refractivity contribution < 1.29 is 123 Å². The number of carbonyl (C=O) groups is 8. The fraction of sp³-hybridized carbons (Fsp3) is 0.424. The Morgan fingerprint density at radius 2 is 1.33 bits per heavy atom. The molecule has 6 amide bonds. The highest BCUT2D eigenvalue weighted by Crippen LogP contribution is 2.50. The number of benzene rings is 5. The number of amides is 6. The van der Waals surface area contributed by atoms with Gasteiger partial charge >= 0.3 is 11.9 Å². The van der Waals surface area contributed by atoms with Crippen molar-refractivity contribution in [2.24, 2.45) is 16.9 Å². The predicted molar refractivity (Wildman–Crippen MR) is 352 cm³/mol. The van der Waals surface area contributed by atoms with E-state index in [4.69, 9.17) is 57.4 Å². The minimum Gasteiger partial charge on any atom is -0.508 e. The van der Waals surface area contributed by atoms with Gasteiger partial charge < -0.3 is 122 Å². The number of phenolic OH excluding ortho intramolecular Hbond substituents is 3. The van der Waals surface area contributed by atoms with E-state index >= 15 is 14.4 Å². The fourth-order valence-corrected chi connectivity index (χ4v) is 13.0. The molecule has 35 nitrogen and oxygen atoms in total. The van der Waals surface area contributed by atoms with E-state index in [9.17, 15) is 85.1 Å². The smallest absolute Gasteiger partial charge is 0.330 e. The molecule has 552 valence electrons. The van der Waals surface area contributed by atoms with Crippen LogP contribution in [0.15, 0.2) is 84.1 Å². The number of phenols is 3. The van der Waals surface area contributed by atoms with Crippen LogP contribution in [-0.2, 0) is 52.6 Å². The molecule has 0 unspecified atom stereocenters. The molecule has 7 heterocycles. The van der Waals surface area contributed by atoms with E-state index in [1.54, 1.807) is 13.8 Å². The van der Waals surface area contributed by atoms with Gasteiger partial charge in [0, 0.05) is 41.8 Å². The summed E-state index contributed by atoms with van der Waals surface area (Å²) in [6, 6.07) is -2.18. The van der Waals surface area contributed by atoms with Crippen molar-refractivity contribution in [3.63, 3.8) is 0 Å². The van der Waals surface area contributed by atoms with Crippen molar-refractivity contribution in [1.29, 1.82) is 0 Å². The molecule has 103 heavy (non-hydrogen) atoms. The Hall–Kier alpha value is -9.76. The van der Waals surface area contributed by atoms with Gasteiger partial charge in [0.25, 0.3) is 0 Å². The van der Waals surface area contributed by atoms with Crippen molar-refractivity contribution >= 4 is 70.6 Å². The molecule has 2 saturated heterocycles. The molecule has 5 aromatic rings. The molecule has 7 aliphatic rings. The lowest BCUT2D eigenvalue weighted by Gasteiger charge is -2.47. The summed E-state index contributed by atoms with van der Waals surface area (Å²) in [5.41, 5.74) is 1.94. The number of carboxylic acids is 2. The molecule has 7 aliphatic heterocycles. The Labute approximate surface area is 593 Å². The standard InChI is InChI=1S/C66H73Cl2N9O26/c1-23(2)12-35(77(5)76-97)59(90)74-49-51(84)26-7-10-38(32(67)14-26)99-40-16-28-17-41(55(40)103-65-56(54(87)53(86)42(22-78)101-65)102-44-21-66(4,69)57(88)24(3)98-44)100-39-11-8-27(15-33(39)68)52(85)50-63(94)73-48(64(95)96)31-18-29(79)19-37(81)45(31)30-13-25(6-9-36(30)80)46(60(91)75-50)72-61(92)47(28)71-58(89)34(20-43(82)83)70-62(49)93/h6-11,13-19,23-24,34-35,42,44,46-54,56-57,65,78-81,84-88H,12,20-22,69H2,1-5H3,(H,70,93)(H,71,89)(H,72,92)(H,73,94)(H,74,90)(H,75,91)(H,82,83)(H,95,96)/t24-,34-,35+,42+,44-,46+,47+,48+,49+,50-,51+,52+,53+,54-,56+,57+,65-,66-/m0/s1. The number of ether oxygens (including phenoxy) is 6. The van der Waals surface area contributed by atoms with E-state index < -0.39 is 254 Å². The van der Waals surface area contributed by atoms with Crippen LogP contribution in [0.4, 0.5) is 0 Å². The lowest BCUT2D eigenvalue weighted by Crippen LogP contribution is -2.64. The number of nitroso groups, excluding NO2 is 1. The third-order valence-electron chi connectivity index (χ3n) is 18.0. The van der Waals surface area contributed by atoms with Crippen LogP contribution in [0.3, 0.4) is 0 Å². The van der Waals surface area contributed by atoms with Crippen molar-refractivity contribution in [3.8, 4) is 57.1 Å². The summed E-state index contributed by atoms with van der Waals surface area (Å²) >= 11 is 14.1. The van der Waals surface area contributed by atoms with E-state index in [0.29, 0.717) is 0 Å². The molecular formula is C66H73Cl2N9O26. The molecule has 0 aromatic heterocycles. The second kappa shape index (κ2) is 30.7. The van der Waals surface area contributed by atoms with Crippen LogP contribution >= 0.6 is 23.2 Å². The number of aliphatic carboxylic acids is 2. The number of nitrogens with two attached hydrogens (primary N) is 1. The summed E-state index contributed by atoms with van der Waals surface area (Å²) < 4.78 is 38.2. The van der Waals surface area contributed by atoms with E-state index in [1.807, 2.05) is 0 Å². The van der Waals surface area contributed by atoms with Crippen molar-refractivity contribution in [2.45, 2.75) is 156 Å². The summed E-state index contributed by atoms with van der Waals surface area (Å²) in [4.78, 5) is 129. The molecular weight excluding hydrogens is 1410 g/mol. The predicted octanol–water partition coefficient (Wildman–Crippen LogP) is 1.10. The van der Waals surface area contributed by atoms with Crippen molar-refractivity contribution in [2.75, 3.05) is 13.7 Å². The van der Waals surface area contributed by atoms with Gasteiger partial charge in [0.15, 0.2) is 29.9 Å². The number of hydrogen-bond donors (Lipinski definition) is 18. The van der Waals surface area contributed by atoms with Gasteiger partial charge in [0.2, 0.25) is 47.5 Å². The van der Waals surface area contributed by atoms with E-state index in [-0.39, 0.29) is 29.9 Å². The van der Waals surface area contributed by atoms with Gasteiger partial charge in [-0.1, -0.05) is 55.2 Å². The molecule has 0 spiro atoms. The normalized spacial score (nSPS) is 29.0. The van der Waals surface area contributed by atoms with E-state index in [1.165, 1.54) is 13.8 Å². The number of fused-ring (bicyclic) bond motifs is 15. The number of carbonyl (C=O) groups excluding carboxylic acids is 6. The van der Waals surface area contributed by atoms with E-state index in [2.05, 4.69) is 37.2 Å². The van der Waals surface area contributed by atoms with E-state index in [0.717, 1.165) is 90.9 Å². The van der Waals surface area contributed by atoms with Crippen LogP contribution in [-0.4, -0.2) is 201 Å². The van der Waals surface area contributed by atoms with Crippen LogP contribution in [0, 0.1) is 10.8 Å². The summed E-state index contributed by atoms with van der Waals surface area (Å²) in [6.07, 6.45) is -19.5. The maximum atomic E-state index is 16.0. The number of aliphatic hydroxyl groups excluding tert-OH is 6. The average molecular weight is 1480 g/mol. The lowest BCUT2D eigenvalue weighted by molar-refractivity contribution is -0.333. The van der Waals surface area contributed by atoms with Crippen LogP contribution in [0.1, 0.15) is 105 Å². The Morgan fingerprint density at radius 1 is 0.728 bits per heavy atom. The zero-order chi connectivity index (χ0) is 75.1. The van der Waals surface area contributed by atoms with Crippen LogP contribution in [0.2, 0.25) is 10.0 Å². The van der Waals surface area contributed by atoms with Crippen molar-refractivity contribution in [1.82, 2.24) is 36.9 Å². The van der Waals surface area contributed by atoms with Gasteiger partial charge in [-0.3, -0.25) is 38.6 Å². The highest BCUT2D eigenvalue weighted by molar-refractivity contribution is 6.32. The number of hydrogen-bond acceptors (Lipinski definition) is 26. The number of halogens is 2. The monoisotopic (exact) mass is 1480 g/mol. The molecule has 37 heteroatoms. The average Bonchev–Trinajstić information content (AvgIpc) is 0.767. The first-order chi connectivity index (χ1) is 48.6. The molecule has 0 saturated carbocycles. The van der Waals surface area contributed by atoms with Gasteiger partial charge in [-0.15, -0.1) is 4.91 Å². The van der Waals surface area contributed by atoms with Gasteiger partial charge in [0.05, 0.1) is 40.6 Å². The number of nitrogens with zero attached hydrogens (tertiary/aromatic N) is 2. The third-order valence-corrected chi connectivity index (χ3v) is 18.5. The molecule has 11 bridgehead atoms. The number of aliphatic hydroxyl groups is 6. The van der Waals surface area contributed by atoms with Crippen LogP contribution in [0.25, 0.3) is 11.1 Å². The first-order valence-electron chi connectivity index (χ1n) is 31.9. The number of rotatable bonds is 14. The maximum Gasteiger partial charge on any atom is 0.330 e. The molecule has 18 atom stereocenters. The quantitative estimate of drug-likeness (QED) is 0.0547. The summed E-state index contributed by atoms with van der Waals surface area (Å²) in [5.74, 6) is -17.7. The third kappa shape index (κ3) is 16.1. The number of nitrogens with one attached hydrogen (secondary N) is 6. The molecule has 0 radical (unpaired) electrons. The van der Waals surface area contributed by atoms with Gasteiger partial charge in [-0.2, -0.15) is 0 Å². The Balaban J connectivity index is 1.24. The minimum absolute atomic E-state index is 0.0651. The minimum atomic E-state index is -2.43. The maximum absolute atomic E-state index is 16.0. The number of carboxylic acid groups (broad SMARTS) is 2. The lowest BCUT2D eigenvalue weighted by atomic mass is 9.86. The topological polar surface area (TPSA) is 545 Å². The number of likely N-dealkylation sites (N-methyl/N-ethyl adjacent to an activating group) is 1. The SMILES string of the molecule is CC(C)C[C@H](C(=O)N[C@H]1C(=O)N[C@@H](CC(=O)O)C(=O)N[C@H]2C(=O)N[C@H]3C(=O)N[C@H](C(=O)N[C@@H](C(=O)O)c4cc(O)cc(O)c4-c4cc3ccc4O)[C@H](O)c3ccc(c(Cl)c3)Oc3cc2cc(c3O[C@@H]2O[C@H](CO)[C@@H](O)[C@H](O)[C@H]2O[C@H]2C[C@](C)(N)[C@H](O)[C@H](C)O2)Oc2ccc(cc2Cl)[C@H]1O)N(C)N=O. The summed E-state index contributed by atoms with van der Waals surface area (Å²) in [5, 5.41) is 141. The molecule has 12 rings (SSSR count). The Morgan fingerprint density at radius 3 is 1.91 bits per heavy atom. The summed E-state index contributed by atoms with van der Waals surface area (Å²) in [6.45, 7) is 5.36. The summed E-state index contributed by atoms with van der Waals surface area (Å²) in [7, 11) is 1.16. The Kier molecular flexibility index (Phi) is 22.6. The molecule has 0 aliphatic carbocycles. The zero-order valence-corrected chi connectivity index (χ0v) is 56.5.